The van der Waals surface area contributed by atoms with Crippen LogP contribution in [0.2, 0.25) is 0 Å². The summed E-state index contributed by atoms with van der Waals surface area (Å²) in [6, 6.07) is 14.3. The van der Waals surface area contributed by atoms with Gasteiger partial charge in [-0.1, -0.05) is 37.6 Å². The molecule has 2 N–H and O–H groups in total. The van der Waals surface area contributed by atoms with Gasteiger partial charge in [-0.25, -0.2) is 9.97 Å². The molecular formula is C28H35N5O4. The normalized spacial score (nSPS) is 10.8. The highest BCUT2D eigenvalue weighted by molar-refractivity contribution is 6.04. The number of hydrogen-bond donors (Lipinski definition) is 2. The first kappa shape index (κ1) is 27.6. The van der Waals surface area contributed by atoms with Crippen LogP contribution in [0, 0.1) is 0 Å². The number of aliphatic carboxylic acids is 1. The van der Waals surface area contributed by atoms with Crippen molar-refractivity contribution in [2.75, 3.05) is 43.1 Å². The smallest absolute Gasteiger partial charge is 0.308 e. The minimum absolute atomic E-state index is 0.183. The topological polar surface area (TPSA) is 110 Å². The first-order valence-electron chi connectivity index (χ1n) is 12.3. The lowest BCUT2D eigenvalue weighted by Crippen LogP contribution is -2.26. The molecule has 0 bridgehead atoms. The Morgan fingerprint density at radius 2 is 1.38 bits per heavy atom. The molecule has 0 fully saturated rings. The summed E-state index contributed by atoms with van der Waals surface area (Å²) in [5.74, 6) is 0.197. The lowest BCUT2D eigenvalue weighted by molar-refractivity contribution is -0.136. The van der Waals surface area contributed by atoms with Crippen LogP contribution >= 0.6 is 0 Å². The molecular weight excluding hydrogens is 470 g/mol. The Morgan fingerprint density at radius 3 is 1.86 bits per heavy atom. The second-order valence-electron chi connectivity index (χ2n) is 9.39. The summed E-state index contributed by atoms with van der Waals surface area (Å²) >= 11 is 0. The molecule has 9 heteroatoms. The number of carbonyl (C=O) groups excluding carboxylic acids is 1. The maximum atomic E-state index is 12.8. The van der Waals surface area contributed by atoms with Gasteiger partial charge in [0.1, 0.15) is 17.5 Å². The van der Waals surface area contributed by atoms with Crippen LogP contribution in [0.1, 0.15) is 52.6 Å². The van der Waals surface area contributed by atoms with E-state index in [0.29, 0.717) is 45.8 Å². The van der Waals surface area contributed by atoms with Crippen LogP contribution in [-0.2, 0) is 24.1 Å². The molecule has 1 heterocycles. The van der Waals surface area contributed by atoms with Crippen LogP contribution in [0.25, 0.3) is 0 Å². The average molecular weight is 506 g/mol. The molecule has 9 nitrogen and oxygen atoms in total. The number of benzene rings is 2. The van der Waals surface area contributed by atoms with Gasteiger partial charge in [0.25, 0.3) is 5.91 Å². The van der Waals surface area contributed by atoms with Crippen LogP contribution in [0.5, 0.6) is 0 Å². The molecule has 0 spiro atoms. The highest BCUT2D eigenvalue weighted by atomic mass is 16.5. The molecule has 0 unspecified atom stereocenters. The molecule has 0 aliphatic heterocycles. The zero-order valence-corrected chi connectivity index (χ0v) is 22.1. The molecule has 0 saturated carbocycles. The van der Waals surface area contributed by atoms with Crippen molar-refractivity contribution < 1.29 is 19.9 Å². The molecule has 1 amide bonds. The molecule has 0 radical (unpaired) electrons. The van der Waals surface area contributed by atoms with Gasteiger partial charge in [-0.3, -0.25) is 14.8 Å². The van der Waals surface area contributed by atoms with E-state index in [0.717, 1.165) is 24.8 Å². The number of carboxylic acid groups (broad SMARTS) is 1. The summed E-state index contributed by atoms with van der Waals surface area (Å²) in [4.78, 5) is 37.0. The number of carboxylic acids is 1. The highest BCUT2D eigenvalue weighted by Gasteiger charge is 2.20. The molecule has 0 saturated heterocycles. The summed E-state index contributed by atoms with van der Waals surface area (Å²) in [6.45, 7) is 2.14. The second kappa shape index (κ2) is 12.3. The molecule has 3 rings (SSSR count). The summed E-state index contributed by atoms with van der Waals surface area (Å²) in [7, 11) is 7.27. The van der Waals surface area contributed by atoms with Crippen molar-refractivity contribution in [2.45, 2.75) is 39.0 Å². The molecule has 0 aliphatic carbocycles. The van der Waals surface area contributed by atoms with E-state index in [1.807, 2.05) is 40.3 Å². The minimum atomic E-state index is -0.950. The van der Waals surface area contributed by atoms with Gasteiger partial charge >= 0.3 is 5.97 Å². The van der Waals surface area contributed by atoms with Gasteiger partial charge in [-0.05, 0) is 48.2 Å². The Kier molecular flexibility index (Phi) is 9.19. The van der Waals surface area contributed by atoms with Crippen molar-refractivity contribution >= 4 is 29.2 Å². The molecule has 1 aromatic heterocycles. The SMILES string of the molecule is CCCCc1ccc(C(=O)N(O)c2ccc(Cc3nc(N(C)C)c(CC(=O)O)c(N(C)C)n3)cc2)cc1. The Bertz CT molecular complexity index is 1200. The summed E-state index contributed by atoms with van der Waals surface area (Å²) in [6.07, 6.45) is 3.38. The van der Waals surface area contributed by atoms with Crippen molar-refractivity contribution in [2.24, 2.45) is 0 Å². The summed E-state index contributed by atoms with van der Waals surface area (Å²) < 4.78 is 0. The Morgan fingerprint density at radius 1 is 0.838 bits per heavy atom. The van der Waals surface area contributed by atoms with Crippen molar-refractivity contribution in [1.82, 2.24) is 9.97 Å². The lowest BCUT2D eigenvalue weighted by Gasteiger charge is -2.23. The van der Waals surface area contributed by atoms with Crippen LogP contribution in [0.4, 0.5) is 17.3 Å². The Balaban J connectivity index is 1.78. The van der Waals surface area contributed by atoms with Gasteiger partial charge in [-0.2, -0.15) is 5.06 Å². The quantitative estimate of drug-likeness (QED) is 0.295. The highest BCUT2D eigenvalue weighted by Crippen LogP contribution is 2.27. The van der Waals surface area contributed by atoms with E-state index >= 15 is 0 Å². The van der Waals surface area contributed by atoms with Crippen LogP contribution < -0.4 is 14.9 Å². The lowest BCUT2D eigenvalue weighted by atomic mass is 10.1. The zero-order valence-electron chi connectivity index (χ0n) is 22.1. The standard InChI is InChI=1S/C28H35N5O4/c1-6-7-8-19-9-13-21(14-10-19)28(36)33(37)22-15-11-20(12-16-22)17-24-29-26(31(2)3)23(18-25(34)35)27(30-24)32(4)5/h9-16,37H,6-8,17-18H2,1-5H3,(H,34,35). The monoisotopic (exact) mass is 505 g/mol. The van der Waals surface area contributed by atoms with Gasteiger partial charge in [0.2, 0.25) is 0 Å². The van der Waals surface area contributed by atoms with E-state index in [9.17, 15) is 19.9 Å². The number of rotatable bonds is 11. The van der Waals surface area contributed by atoms with E-state index in [1.165, 1.54) is 5.56 Å². The number of amides is 1. The van der Waals surface area contributed by atoms with Crippen molar-refractivity contribution in [3.8, 4) is 0 Å². The third-order valence-electron chi connectivity index (χ3n) is 5.94. The van der Waals surface area contributed by atoms with Crippen LogP contribution in [-0.4, -0.2) is 60.3 Å². The molecule has 0 aliphatic rings. The summed E-state index contributed by atoms with van der Waals surface area (Å²) in [5, 5.41) is 20.5. The maximum Gasteiger partial charge on any atom is 0.308 e. The van der Waals surface area contributed by atoms with Gasteiger partial charge in [0.15, 0.2) is 0 Å². The van der Waals surface area contributed by atoms with Crippen LogP contribution in [0.3, 0.4) is 0 Å². The Labute approximate surface area is 218 Å². The van der Waals surface area contributed by atoms with Crippen molar-refractivity contribution in [3.05, 3.63) is 76.6 Å². The number of anilines is 3. The fourth-order valence-corrected chi connectivity index (χ4v) is 4.00. The second-order valence-corrected chi connectivity index (χ2v) is 9.39. The number of aromatic nitrogens is 2. The van der Waals surface area contributed by atoms with Crippen molar-refractivity contribution in [1.29, 1.82) is 0 Å². The maximum absolute atomic E-state index is 12.8. The number of hydroxylamine groups is 1. The first-order chi connectivity index (χ1) is 17.6. The molecule has 2 aromatic carbocycles. The third-order valence-corrected chi connectivity index (χ3v) is 5.94. The fourth-order valence-electron chi connectivity index (χ4n) is 4.00. The predicted octanol–water partition coefficient (Wildman–Crippen LogP) is 4.21. The number of carbonyl (C=O) groups is 2. The Hall–Kier alpha value is -3.98. The first-order valence-corrected chi connectivity index (χ1v) is 12.3. The average Bonchev–Trinajstić information content (AvgIpc) is 2.87. The van der Waals surface area contributed by atoms with E-state index in [1.54, 1.807) is 46.2 Å². The van der Waals surface area contributed by atoms with E-state index < -0.39 is 11.9 Å². The van der Waals surface area contributed by atoms with Crippen LogP contribution in [0.15, 0.2) is 48.5 Å². The predicted molar refractivity (Wildman–Crippen MR) is 145 cm³/mol. The van der Waals surface area contributed by atoms with Gasteiger partial charge in [0, 0.05) is 45.7 Å². The molecule has 3 aromatic rings. The van der Waals surface area contributed by atoms with Gasteiger partial charge < -0.3 is 14.9 Å². The molecule has 37 heavy (non-hydrogen) atoms. The summed E-state index contributed by atoms with van der Waals surface area (Å²) in [5.41, 5.74) is 3.36. The fraction of sp³-hybridized carbons (Fsp3) is 0.357. The zero-order chi connectivity index (χ0) is 27.1. The number of nitrogens with zero attached hydrogens (tertiary/aromatic N) is 5. The van der Waals surface area contributed by atoms with Crippen molar-refractivity contribution in [3.63, 3.8) is 0 Å². The van der Waals surface area contributed by atoms with E-state index in [4.69, 9.17) is 0 Å². The largest absolute Gasteiger partial charge is 0.481 e. The van der Waals surface area contributed by atoms with Gasteiger partial charge in [0.05, 0.1) is 12.1 Å². The number of unbranched alkanes of at least 4 members (excludes halogenated alkanes) is 1. The van der Waals surface area contributed by atoms with E-state index in [2.05, 4.69) is 16.9 Å². The number of hydrogen-bond acceptors (Lipinski definition) is 7. The molecule has 0 atom stereocenters. The molecule has 196 valence electrons. The minimum Gasteiger partial charge on any atom is -0.481 e. The van der Waals surface area contributed by atoms with E-state index in [-0.39, 0.29) is 6.42 Å². The number of aryl methyl sites for hydroxylation is 1. The third kappa shape index (κ3) is 7.04. The van der Waals surface area contributed by atoms with Gasteiger partial charge in [-0.15, -0.1) is 0 Å².